The van der Waals surface area contributed by atoms with Gasteiger partial charge in [0.05, 0.1) is 0 Å². The molecule has 0 spiro atoms. The predicted molar refractivity (Wildman–Crippen MR) is 62.5 cm³/mol. The molecular formula is C12H24N2O. The van der Waals surface area contributed by atoms with Crippen LogP contribution in [0.25, 0.3) is 0 Å². The Kier molecular flexibility index (Phi) is 4.14. The normalized spacial score (nSPS) is 21.3. The first-order valence-electron chi connectivity index (χ1n) is 5.92. The highest BCUT2D eigenvalue weighted by molar-refractivity contribution is 5.76. The molecular weight excluding hydrogens is 188 g/mol. The molecule has 15 heavy (non-hydrogen) atoms. The van der Waals surface area contributed by atoms with Crippen molar-refractivity contribution >= 4 is 5.91 Å². The van der Waals surface area contributed by atoms with E-state index in [1.807, 2.05) is 11.9 Å². The molecule has 0 atom stereocenters. The number of carbonyl (C=O) groups excluding carboxylic acids is 1. The van der Waals surface area contributed by atoms with Crippen LogP contribution in [0.4, 0.5) is 0 Å². The van der Waals surface area contributed by atoms with Crippen molar-refractivity contribution in [1.29, 1.82) is 0 Å². The largest absolute Gasteiger partial charge is 0.343 e. The van der Waals surface area contributed by atoms with Gasteiger partial charge in [0.2, 0.25) is 5.91 Å². The number of hydrogen-bond acceptors (Lipinski definition) is 2. The number of nitrogens with two attached hydrogens (primary N) is 1. The Morgan fingerprint density at radius 2 is 1.93 bits per heavy atom. The molecule has 0 aromatic carbocycles. The van der Waals surface area contributed by atoms with Crippen molar-refractivity contribution in [2.75, 3.05) is 13.6 Å². The van der Waals surface area contributed by atoms with Crippen LogP contribution in [-0.4, -0.2) is 30.4 Å². The lowest BCUT2D eigenvalue weighted by Gasteiger charge is -2.38. The Balaban J connectivity index is 2.42. The summed E-state index contributed by atoms with van der Waals surface area (Å²) in [5, 5.41) is 0. The van der Waals surface area contributed by atoms with Gasteiger partial charge in [0.25, 0.3) is 0 Å². The monoisotopic (exact) mass is 212 g/mol. The molecule has 2 N–H and O–H groups in total. The van der Waals surface area contributed by atoms with Gasteiger partial charge in [-0.15, -0.1) is 0 Å². The van der Waals surface area contributed by atoms with E-state index < -0.39 is 0 Å². The molecule has 0 heterocycles. The number of rotatable bonds is 3. The molecule has 0 aromatic rings. The lowest BCUT2D eigenvalue weighted by atomic mass is 9.75. The van der Waals surface area contributed by atoms with Gasteiger partial charge in [-0.25, -0.2) is 0 Å². The predicted octanol–water partition coefficient (Wildman–Crippen LogP) is 1.76. The molecule has 1 rings (SSSR count). The number of carbonyl (C=O) groups is 1. The molecule has 0 aliphatic heterocycles. The molecule has 1 amide bonds. The summed E-state index contributed by atoms with van der Waals surface area (Å²) < 4.78 is 0. The van der Waals surface area contributed by atoms with E-state index >= 15 is 0 Å². The third-order valence-corrected chi connectivity index (χ3v) is 3.61. The molecule has 0 saturated heterocycles. The Hall–Kier alpha value is -0.570. The summed E-state index contributed by atoms with van der Waals surface area (Å²) in [6.45, 7) is 5.08. The minimum atomic E-state index is 0.196. The van der Waals surface area contributed by atoms with Crippen LogP contribution in [0, 0.1) is 5.41 Å². The van der Waals surface area contributed by atoms with E-state index in [9.17, 15) is 4.79 Å². The van der Waals surface area contributed by atoms with Crippen LogP contribution >= 0.6 is 0 Å². The third-order valence-electron chi connectivity index (χ3n) is 3.61. The highest BCUT2D eigenvalue weighted by Crippen LogP contribution is 2.36. The van der Waals surface area contributed by atoms with Gasteiger partial charge in [-0.05, 0) is 31.1 Å². The average Bonchev–Trinajstić information content (AvgIpc) is 2.17. The maximum Gasteiger partial charge on any atom is 0.223 e. The van der Waals surface area contributed by atoms with Gasteiger partial charge in [-0.2, -0.15) is 0 Å². The first kappa shape index (κ1) is 12.5. The molecule has 1 fully saturated rings. The van der Waals surface area contributed by atoms with Gasteiger partial charge < -0.3 is 10.6 Å². The van der Waals surface area contributed by atoms with Gasteiger partial charge in [0.1, 0.15) is 0 Å². The van der Waals surface area contributed by atoms with Crippen LogP contribution < -0.4 is 5.73 Å². The van der Waals surface area contributed by atoms with Crippen molar-refractivity contribution in [3.63, 3.8) is 0 Å². The summed E-state index contributed by atoms with van der Waals surface area (Å²) in [5.41, 5.74) is 5.86. The highest BCUT2D eigenvalue weighted by Gasteiger charge is 2.30. The fourth-order valence-electron chi connectivity index (χ4n) is 2.27. The first-order chi connectivity index (χ1) is 6.96. The SMILES string of the molecule is CN(C(=O)CCN)C1CCC(C)(C)CC1. The fourth-order valence-corrected chi connectivity index (χ4v) is 2.27. The maximum absolute atomic E-state index is 11.6. The van der Waals surface area contributed by atoms with E-state index in [4.69, 9.17) is 5.73 Å². The van der Waals surface area contributed by atoms with Crippen molar-refractivity contribution in [2.24, 2.45) is 11.1 Å². The first-order valence-corrected chi connectivity index (χ1v) is 5.92. The Labute approximate surface area is 93.0 Å². The van der Waals surface area contributed by atoms with E-state index in [0.29, 0.717) is 24.4 Å². The second kappa shape index (κ2) is 4.97. The molecule has 0 unspecified atom stereocenters. The molecule has 0 aromatic heterocycles. The zero-order valence-electron chi connectivity index (χ0n) is 10.3. The summed E-state index contributed by atoms with van der Waals surface area (Å²) in [5.74, 6) is 0.196. The van der Waals surface area contributed by atoms with Crippen LogP contribution in [-0.2, 0) is 4.79 Å². The van der Waals surface area contributed by atoms with E-state index in [2.05, 4.69) is 13.8 Å². The number of hydrogen-bond donors (Lipinski definition) is 1. The molecule has 0 bridgehead atoms. The Morgan fingerprint density at radius 3 is 2.40 bits per heavy atom. The minimum absolute atomic E-state index is 0.196. The number of nitrogens with zero attached hydrogens (tertiary/aromatic N) is 1. The third kappa shape index (κ3) is 3.49. The van der Waals surface area contributed by atoms with Crippen molar-refractivity contribution in [1.82, 2.24) is 4.90 Å². The van der Waals surface area contributed by atoms with Crippen molar-refractivity contribution in [2.45, 2.75) is 52.0 Å². The van der Waals surface area contributed by atoms with E-state index in [0.717, 1.165) is 12.8 Å². The van der Waals surface area contributed by atoms with Gasteiger partial charge in [-0.3, -0.25) is 4.79 Å². The lowest BCUT2D eigenvalue weighted by Crippen LogP contribution is -2.41. The second-order valence-electron chi connectivity index (χ2n) is 5.44. The van der Waals surface area contributed by atoms with Gasteiger partial charge >= 0.3 is 0 Å². The van der Waals surface area contributed by atoms with E-state index in [1.54, 1.807) is 0 Å². The average molecular weight is 212 g/mol. The maximum atomic E-state index is 11.6. The smallest absolute Gasteiger partial charge is 0.223 e. The summed E-state index contributed by atoms with van der Waals surface area (Å²) in [7, 11) is 1.92. The van der Waals surface area contributed by atoms with Crippen LogP contribution in [0.1, 0.15) is 46.0 Å². The standard InChI is InChI=1S/C12H24N2O/c1-12(2)7-4-10(5-8-12)14(3)11(15)6-9-13/h10H,4-9,13H2,1-3H3. The Morgan fingerprint density at radius 1 is 1.40 bits per heavy atom. The van der Waals surface area contributed by atoms with Crippen molar-refractivity contribution in [3.8, 4) is 0 Å². The Bertz CT molecular complexity index is 216. The highest BCUT2D eigenvalue weighted by atomic mass is 16.2. The summed E-state index contributed by atoms with van der Waals surface area (Å²) in [4.78, 5) is 13.6. The molecule has 1 saturated carbocycles. The zero-order chi connectivity index (χ0) is 11.5. The molecule has 88 valence electrons. The molecule has 3 nitrogen and oxygen atoms in total. The van der Waals surface area contributed by atoms with E-state index in [1.165, 1.54) is 12.8 Å². The van der Waals surface area contributed by atoms with Crippen LogP contribution in [0.2, 0.25) is 0 Å². The summed E-state index contributed by atoms with van der Waals surface area (Å²) in [6.07, 6.45) is 5.20. The molecule has 1 aliphatic carbocycles. The second-order valence-corrected chi connectivity index (χ2v) is 5.44. The topological polar surface area (TPSA) is 46.3 Å². The van der Waals surface area contributed by atoms with Gasteiger partial charge in [0, 0.05) is 26.1 Å². The quantitative estimate of drug-likeness (QED) is 0.775. The van der Waals surface area contributed by atoms with E-state index in [-0.39, 0.29) is 5.91 Å². The minimum Gasteiger partial charge on any atom is -0.343 e. The van der Waals surface area contributed by atoms with Gasteiger partial charge in [0.15, 0.2) is 0 Å². The number of amides is 1. The van der Waals surface area contributed by atoms with Crippen molar-refractivity contribution < 1.29 is 4.79 Å². The lowest BCUT2D eigenvalue weighted by molar-refractivity contribution is -0.132. The van der Waals surface area contributed by atoms with Gasteiger partial charge in [-0.1, -0.05) is 13.8 Å². The molecule has 3 heteroatoms. The zero-order valence-corrected chi connectivity index (χ0v) is 10.3. The van der Waals surface area contributed by atoms with Crippen LogP contribution in [0.3, 0.4) is 0 Å². The van der Waals surface area contributed by atoms with Crippen LogP contribution in [0.5, 0.6) is 0 Å². The molecule has 0 radical (unpaired) electrons. The summed E-state index contributed by atoms with van der Waals surface area (Å²) in [6, 6.07) is 0.442. The molecule has 1 aliphatic rings. The fraction of sp³-hybridized carbons (Fsp3) is 0.917. The van der Waals surface area contributed by atoms with Crippen LogP contribution in [0.15, 0.2) is 0 Å². The summed E-state index contributed by atoms with van der Waals surface area (Å²) >= 11 is 0. The van der Waals surface area contributed by atoms with Crippen molar-refractivity contribution in [3.05, 3.63) is 0 Å².